The molecular weight excluding hydrogens is 224 g/mol. The molecule has 1 heterocycles. The molecule has 1 aromatic rings. The van der Waals surface area contributed by atoms with Crippen LogP contribution in [0.2, 0.25) is 0 Å². The summed E-state index contributed by atoms with van der Waals surface area (Å²) < 4.78 is 15.1. The topological polar surface area (TPSA) is 65.0 Å². The molecule has 0 aromatic heterocycles. The molecule has 0 saturated heterocycles. The number of rotatable bonds is 2. The van der Waals surface area contributed by atoms with E-state index in [2.05, 4.69) is 4.74 Å². The number of aromatic hydroxyl groups is 1. The number of benzene rings is 1. The average Bonchev–Trinajstić information content (AvgIpc) is 2.65. The van der Waals surface area contributed by atoms with Gasteiger partial charge in [0.05, 0.1) is 14.2 Å². The minimum atomic E-state index is -0.665. The van der Waals surface area contributed by atoms with Gasteiger partial charge in [-0.25, -0.2) is 4.79 Å². The van der Waals surface area contributed by atoms with Crippen LogP contribution in [0.25, 0.3) is 0 Å². The Bertz CT molecular complexity index is 454. The van der Waals surface area contributed by atoms with E-state index in [9.17, 15) is 9.90 Å². The van der Waals surface area contributed by atoms with E-state index in [4.69, 9.17) is 9.47 Å². The molecule has 5 heteroatoms. The maximum atomic E-state index is 11.5. The molecule has 1 N–H and O–H groups in total. The molecule has 1 aromatic carbocycles. The van der Waals surface area contributed by atoms with Gasteiger partial charge in [-0.15, -0.1) is 0 Å². The van der Waals surface area contributed by atoms with Crippen molar-refractivity contribution in [1.29, 1.82) is 0 Å². The van der Waals surface area contributed by atoms with E-state index < -0.39 is 12.1 Å². The monoisotopic (exact) mass is 238 g/mol. The maximum Gasteiger partial charge on any atom is 0.347 e. The van der Waals surface area contributed by atoms with Gasteiger partial charge >= 0.3 is 5.97 Å². The van der Waals surface area contributed by atoms with E-state index in [1.165, 1.54) is 14.2 Å². The van der Waals surface area contributed by atoms with Crippen LogP contribution in [0.5, 0.6) is 17.2 Å². The van der Waals surface area contributed by atoms with Gasteiger partial charge in [0.1, 0.15) is 5.75 Å². The van der Waals surface area contributed by atoms with Gasteiger partial charge in [0.25, 0.3) is 0 Å². The van der Waals surface area contributed by atoms with E-state index in [0.717, 1.165) is 5.56 Å². The lowest BCUT2D eigenvalue weighted by Crippen LogP contribution is -2.28. The lowest BCUT2D eigenvalue weighted by Gasteiger charge is -2.11. The number of esters is 1. The Morgan fingerprint density at radius 2 is 2.12 bits per heavy atom. The fourth-order valence-corrected chi connectivity index (χ4v) is 1.96. The summed E-state index contributed by atoms with van der Waals surface area (Å²) in [7, 11) is 2.77. The third kappa shape index (κ3) is 1.77. The predicted octanol–water partition coefficient (Wildman–Crippen LogP) is 1.44. The maximum absolute atomic E-state index is 11.5. The summed E-state index contributed by atoms with van der Waals surface area (Å²) in [5.74, 6) is 0.317. The van der Waals surface area contributed by atoms with Crippen LogP contribution in [0.3, 0.4) is 0 Å². The Balaban J connectivity index is 2.38. The first-order valence-corrected chi connectivity index (χ1v) is 5.24. The molecule has 0 aliphatic carbocycles. The van der Waals surface area contributed by atoms with Gasteiger partial charge < -0.3 is 19.3 Å². The Kier molecular flexibility index (Phi) is 2.83. The molecule has 17 heavy (non-hydrogen) atoms. The molecule has 0 bridgehead atoms. The summed E-state index contributed by atoms with van der Waals surface area (Å²) in [6.45, 7) is 1.85. The molecule has 1 aliphatic heterocycles. The van der Waals surface area contributed by atoms with Crippen LogP contribution < -0.4 is 9.47 Å². The number of phenols is 1. The van der Waals surface area contributed by atoms with Gasteiger partial charge in [-0.1, -0.05) is 6.92 Å². The van der Waals surface area contributed by atoms with Crippen LogP contribution in [0, 0.1) is 0 Å². The fourth-order valence-electron chi connectivity index (χ4n) is 1.96. The lowest BCUT2D eigenvalue weighted by molar-refractivity contribution is -0.148. The number of phenolic OH excluding ortho intramolecular Hbond substituents is 1. The number of hydrogen-bond donors (Lipinski definition) is 1. The number of hydrogen-bond acceptors (Lipinski definition) is 5. The Hall–Kier alpha value is -1.91. The Labute approximate surface area is 98.9 Å². The van der Waals surface area contributed by atoms with E-state index in [0.29, 0.717) is 11.5 Å². The first-order chi connectivity index (χ1) is 8.08. The van der Waals surface area contributed by atoms with Crippen LogP contribution >= 0.6 is 0 Å². The predicted molar refractivity (Wildman–Crippen MR) is 59.5 cm³/mol. The number of ether oxygens (including phenoxy) is 3. The Morgan fingerprint density at radius 3 is 2.71 bits per heavy atom. The van der Waals surface area contributed by atoms with Crippen molar-refractivity contribution >= 4 is 5.97 Å². The SMILES string of the molecule is COC(=O)C1Oc2cc(OC)c(O)cc2C1C. The first-order valence-electron chi connectivity index (χ1n) is 5.24. The highest BCUT2D eigenvalue weighted by Crippen LogP contribution is 2.44. The molecule has 0 radical (unpaired) electrons. The molecular formula is C12H14O5. The largest absolute Gasteiger partial charge is 0.504 e. The average molecular weight is 238 g/mol. The van der Waals surface area contributed by atoms with E-state index in [1.54, 1.807) is 12.1 Å². The molecule has 0 fully saturated rings. The summed E-state index contributed by atoms with van der Waals surface area (Å²) >= 11 is 0. The van der Waals surface area contributed by atoms with Crippen LogP contribution in [0.15, 0.2) is 12.1 Å². The highest BCUT2D eigenvalue weighted by atomic mass is 16.6. The zero-order valence-electron chi connectivity index (χ0n) is 9.89. The molecule has 1 aliphatic rings. The quantitative estimate of drug-likeness (QED) is 0.790. The highest BCUT2D eigenvalue weighted by Gasteiger charge is 2.38. The van der Waals surface area contributed by atoms with Crippen molar-refractivity contribution in [2.75, 3.05) is 14.2 Å². The summed E-state index contributed by atoms with van der Waals surface area (Å²) in [5.41, 5.74) is 0.777. The summed E-state index contributed by atoms with van der Waals surface area (Å²) in [4.78, 5) is 11.5. The highest BCUT2D eigenvalue weighted by molar-refractivity contribution is 5.78. The molecule has 0 amide bonds. The standard InChI is InChI=1S/C12H14O5/c1-6-7-4-8(13)10(15-2)5-9(7)17-11(6)12(14)16-3/h4-6,11,13H,1-3H3. The molecule has 0 saturated carbocycles. The van der Waals surface area contributed by atoms with Gasteiger partial charge in [0.2, 0.25) is 6.10 Å². The molecule has 2 rings (SSSR count). The van der Waals surface area contributed by atoms with Crippen molar-refractivity contribution < 1.29 is 24.1 Å². The zero-order chi connectivity index (χ0) is 12.6. The first kappa shape index (κ1) is 11.6. The van der Waals surface area contributed by atoms with Crippen molar-refractivity contribution in [1.82, 2.24) is 0 Å². The minimum Gasteiger partial charge on any atom is -0.504 e. The van der Waals surface area contributed by atoms with Crippen LogP contribution in [0.1, 0.15) is 18.4 Å². The molecule has 92 valence electrons. The van der Waals surface area contributed by atoms with E-state index in [1.807, 2.05) is 6.92 Å². The zero-order valence-corrected chi connectivity index (χ0v) is 9.89. The number of methoxy groups -OCH3 is 2. The van der Waals surface area contributed by atoms with Crippen LogP contribution in [-0.2, 0) is 9.53 Å². The van der Waals surface area contributed by atoms with Gasteiger partial charge in [0.15, 0.2) is 11.5 Å². The van der Waals surface area contributed by atoms with Crippen molar-refractivity contribution in [3.63, 3.8) is 0 Å². The van der Waals surface area contributed by atoms with Gasteiger partial charge in [-0.3, -0.25) is 0 Å². The normalized spacial score (nSPS) is 21.6. The molecule has 0 spiro atoms. The van der Waals surface area contributed by atoms with E-state index >= 15 is 0 Å². The number of fused-ring (bicyclic) bond motifs is 1. The van der Waals surface area contributed by atoms with E-state index in [-0.39, 0.29) is 11.7 Å². The molecule has 2 atom stereocenters. The number of carbonyl (C=O) groups excluding carboxylic acids is 1. The number of carbonyl (C=O) groups is 1. The molecule has 2 unspecified atom stereocenters. The van der Waals surface area contributed by atoms with Gasteiger partial charge in [-0.05, 0) is 6.07 Å². The summed E-state index contributed by atoms with van der Waals surface area (Å²) in [6.07, 6.45) is -0.665. The summed E-state index contributed by atoms with van der Waals surface area (Å²) in [5, 5.41) is 9.68. The van der Waals surface area contributed by atoms with Crippen LogP contribution in [-0.4, -0.2) is 31.4 Å². The third-order valence-corrected chi connectivity index (χ3v) is 2.94. The lowest BCUT2D eigenvalue weighted by atomic mass is 9.97. The Morgan fingerprint density at radius 1 is 1.41 bits per heavy atom. The minimum absolute atomic E-state index is 0.0345. The molecule has 5 nitrogen and oxygen atoms in total. The second kappa shape index (κ2) is 4.16. The second-order valence-corrected chi connectivity index (χ2v) is 3.91. The third-order valence-electron chi connectivity index (χ3n) is 2.94. The van der Waals surface area contributed by atoms with Gasteiger partial charge in [0, 0.05) is 17.5 Å². The van der Waals surface area contributed by atoms with Gasteiger partial charge in [-0.2, -0.15) is 0 Å². The van der Waals surface area contributed by atoms with Crippen LogP contribution in [0.4, 0.5) is 0 Å². The van der Waals surface area contributed by atoms with Crippen molar-refractivity contribution in [2.24, 2.45) is 0 Å². The van der Waals surface area contributed by atoms with Crippen molar-refractivity contribution in [3.05, 3.63) is 17.7 Å². The van der Waals surface area contributed by atoms with Crippen molar-refractivity contribution in [2.45, 2.75) is 18.9 Å². The summed E-state index contributed by atoms with van der Waals surface area (Å²) in [6, 6.07) is 3.13. The fraction of sp³-hybridized carbons (Fsp3) is 0.417. The van der Waals surface area contributed by atoms with Crippen molar-refractivity contribution in [3.8, 4) is 17.2 Å². The second-order valence-electron chi connectivity index (χ2n) is 3.91. The smallest absolute Gasteiger partial charge is 0.347 e.